The van der Waals surface area contributed by atoms with E-state index < -0.39 is 40.2 Å². The van der Waals surface area contributed by atoms with Crippen molar-refractivity contribution in [1.29, 1.82) is 0 Å². The fraction of sp³-hybridized carbons (Fsp3) is 0.235. The van der Waals surface area contributed by atoms with Crippen molar-refractivity contribution < 1.29 is 27.1 Å². The van der Waals surface area contributed by atoms with Crippen LogP contribution >= 0.6 is 11.8 Å². The molecule has 0 saturated heterocycles. The van der Waals surface area contributed by atoms with Gasteiger partial charge < -0.3 is 15.0 Å². The normalized spacial score (nSPS) is 11.8. The first-order chi connectivity index (χ1) is 21.7. The number of anilines is 1. The van der Waals surface area contributed by atoms with Gasteiger partial charge in [-0.05, 0) is 61.2 Å². The zero-order valence-corrected chi connectivity index (χ0v) is 27.0. The molecule has 0 saturated carbocycles. The first kappa shape index (κ1) is 33.5. The van der Waals surface area contributed by atoms with Crippen LogP contribution in [0, 0.1) is 5.82 Å². The molecule has 8 nitrogen and oxygen atoms in total. The number of sulfonamides is 1. The zero-order valence-electron chi connectivity index (χ0n) is 25.4. The van der Waals surface area contributed by atoms with E-state index in [1.807, 2.05) is 36.6 Å². The molecule has 45 heavy (non-hydrogen) atoms. The van der Waals surface area contributed by atoms with Crippen molar-refractivity contribution in [3.63, 3.8) is 0 Å². The van der Waals surface area contributed by atoms with Gasteiger partial charge in [0.15, 0.2) is 0 Å². The molecule has 1 atom stereocenters. The molecular weight excluding hydrogens is 614 g/mol. The van der Waals surface area contributed by atoms with Crippen LogP contribution < -0.4 is 14.4 Å². The minimum atomic E-state index is -4.32. The molecular formula is C34H36FN3O5S2. The van der Waals surface area contributed by atoms with Crippen LogP contribution in [0.1, 0.15) is 18.1 Å². The Morgan fingerprint density at radius 3 is 2.20 bits per heavy atom. The lowest BCUT2D eigenvalue weighted by Crippen LogP contribution is -2.53. The highest BCUT2D eigenvalue weighted by molar-refractivity contribution is 7.98. The quantitative estimate of drug-likeness (QED) is 0.181. The minimum Gasteiger partial charge on any atom is -0.492 e. The number of carbonyl (C=O) groups is 2. The Labute approximate surface area is 268 Å². The van der Waals surface area contributed by atoms with Crippen LogP contribution in [0.15, 0.2) is 113 Å². The van der Waals surface area contributed by atoms with E-state index in [0.717, 1.165) is 14.8 Å². The molecule has 4 aromatic rings. The second-order valence-corrected chi connectivity index (χ2v) is 12.8. The lowest BCUT2D eigenvalue weighted by atomic mass is 10.0. The molecule has 2 amide bonds. The molecule has 0 aliphatic heterocycles. The predicted octanol–water partition coefficient (Wildman–Crippen LogP) is 5.53. The molecule has 0 aliphatic rings. The summed E-state index contributed by atoms with van der Waals surface area (Å²) in [7, 11) is -2.86. The maximum atomic E-state index is 15.0. The van der Waals surface area contributed by atoms with Crippen LogP contribution in [-0.4, -0.2) is 57.6 Å². The summed E-state index contributed by atoms with van der Waals surface area (Å²) >= 11 is 1.47. The van der Waals surface area contributed by atoms with E-state index in [0.29, 0.717) is 0 Å². The third-order valence-corrected chi connectivity index (χ3v) is 9.69. The Bertz CT molecular complexity index is 1700. The number of halogens is 1. The number of nitrogens with one attached hydrogen (secondary N) is 1. The topological polar surface area (TPSA) is 96.0 Å². The average Bonchev–Trinajstić information content (AvgIpc) is 3.06. The molecule has 0 fully saturated rings. The SMILES string of the molecule is CCOc1ccccc1N(CC(=O)N(Cc1ccccc1F)[C@H](Cc1ccccc1)C(=O)NC)S(=O)(=O)c1ccc(SC)cc1. The summed E-state index contributed by atoms with van der Waals surface area (Å²) in [6.45, 7) is 1.10. The summed E-state index contributed by atoms with van der Waals surface area (Å²) in [5.74, 6) is -1.45. The van der Waals surface area contributed by atoms with Crippen LogP contribution in [0.4, 0.5) is 10.1 Å². The minimum absolute atomic E-state index is 0.0211. The Balaban J connectivity index is 1.83. The lowest BCUT2D eigenvalue weighted by molar-refractivity contribution is -0.139. The van der Waals surface area contributed by atoms with Gasteiger partial charge in [-0.2, -0.15) is 0 Å². The van der Waals surface area contributed by atoms with Gasteiger partial charge in [-0.3, -0.25) is 13.9 Å². The third-order valence-electron chi connectivity index (χ3n) is 7.18. The van der Waals surface area contributed by atoms with Crippen molar-refractivity contribution in [2.45, 2.75) is 35.7 Å². The van der Waals surface area contributed by atoms with E-state index in [1.165, 1.54) is 54.0 Å². The number of likely N-dealkylation sites (N-methyl/N-ethyl adjacent to an activating group) is 1. The number of amides is 2. The second-order valence-electron chi connectivity index (χ2n) is 10.0. The highest BCUT2D eigenvalue weighted by Gasteiger charge is 2.35. The van der Waals surface area contributed by atoms with Gasteiger partial charge in [-0.15, -0.1) is 11.8 Å². The van der Waals surface area contributed by atoms with E-state index in [9.17, 15) is 22.4 Å². The van der Waals surface area contributed by atoms with Crippen molar-refractivity contribution in [3.05, 3.63) is 120 Å². The summed E-state index contributed by atoms with van der Waals surface area (Å²) in [4.78, 5) is 29.9. The predicted molar refractivity (Wildman–Crippen MR) is 175 cm³/mol. The van der Waals surface area contributed by atoms with Crippen molar-refractivity contribution in [2.24, 2.45) is 0 Å². The summed E-state index contributed by atoms with van der Waals surface area (Å²) in [6, 6.07) is 27.0. The standard InChI is InChI=1S/C34H36FN3O5S2/c1-4-43-32-17-11-10-16-30(32)38(45(41,42)28-20-18-27(44-3)19-21-28)24-33(39)37(23-26-14-8-9-15-29(26)35)31(34(40)36-2)22-25-12-6-5-7-13-25/h5-21,31H,4,22-24H2,1-3H3,(H,36,40)/t31-/m1/s1. The monoisotopic (exact) mass is 649 g/mol. The molecule has 236 valence electrons. The van der Waals surface area contributed by atoms with Crippen LogP contribution in [-0.2, 0) is 32.6 Å². The second kappa shape index (κ2) is 15.6. The van der Waals surface area contributed by atoms with Gasteiger partial charge in [-0.1, -0.05) is 60.7 Å². The number of thioether (sulfide) groups is 1. The Hall–Kier alpha value is -4.35. The molecule has 1 N–H and O–H groups in total. The van der Waals surface area contributed by atoms with Gasteiger partial charge in [0.2, 0.25) is 11.8 Å². The number of ether oxygens (including phenoxy) is 1. The molecule has 0 radical (unpaired) electrons. The van der Waals surface area contributed by atoms with Gasteiger partial charge >= 0.3 is 0 Å². The van der Waals surface area contributed by atoms with Gasteiger partial charge in [0.05, 0.1) is 17.2 Å². The maximum Gasteiger partial charge on any atom is 0.264 e. The molecule has 0 spiro atoms. The van der Waals surface area contributed by atoms with Gasteiger partial charge in [0.25, 0.3) is 10.0 Å². The molecule has 0 bridgehead atoms. The fourth-order valence-corrected chi connectivity index (χ4v) is 6.69. The number of benzene rings is 4. The highest BCUT2D eigenvalue weighted by Crippen LogP contribution is 2.33. The van der Waals surface area contributed by atoms with Crippen molar-refractivity contribution in [1.82, 2.24) is 10.2 Å². The molecule has 0 aromatic heterocycles. The van der Waals surface area contributed by atoms with E-state index in [-0.39, 0.29) is 41.5 Å². The Morgan fingerprint density at radius 1 is 0.911 bits per heavy atom. The summed E-state index contributed by atoms with van der Waals surface area (Å²) in [5.41, 5.74) is 1.12. The number of rotatable bonds is 14. The average molecular weight is 650 g/mol. The number of nitrogens with zero attached hydrogens (tertiary/aromatic N) is 2. The summed E-state index contributed by atoms with van der Waals surface area (Å²) in [5, 5.41) is 2.62. The van der Waals surface area contributed by atoms with Crippen molar-refractivity contribution >= 4 is 39.3 Å². The van der Waals surface area contributed by atoms with E-state index >= 15 is 0 Å². The Morgan fingerprint density at radius 2 is 1.56 bits per heavy atom. The Kier molecular flexibility index (Phi) is 11.6. The first-order valence-corrected chi connectivity index (χ1v) is 17.0. The summed E-state index contributed by atoms with van der Waals surface area (Å²) in [6.07, 6.45) is 2.01. The maximum absolute atomic E-state index is 15.0. The first-order valence-electron chi connectivity index (χ1n) is 14.4. The molecule has 11 heteroatoms. The van der Waals surface area contributed by atoms with Crippen LogP contribution in [0.3, 0.4) is 0 Å². The lowest BCUT2D eigenvalue weighted by Gasteiger charge is -2.34. The van der Waals surface area contributed by atoms with Gasteiger partial charge in [0.1, 0.15) is 24.2 Å². The fourth-order valence-electron chi connectivity index (χ4n) is 4.86. The van der Waals surface area contributed by atoms with Crippen molar-refractivity contribution in [2.75, 3.05) is 30.8 Å². The molecule has 4 rings (SSSR count). The van der Waals surface area contributed by atoms with Crippen LogP contribution in [0.2, 0.25) is 0 Å². The molecule has 0 heterocycles. The summed E-state index contributed by atoms with van der Waals surface area (Å²) < 4.78 is 50.3. The van der Waals surface area contributed by atoms with Crippen LogP contribution in [0.25, 0.3) is 0 Å². The number of hydrogen-bond acceptors (Lipinski definition) is 6. The number of carbonyl (C=O) groups excluding carboxylic acids is 2. The number of para-hydroxylation sites is 2. The largest absolute Gasteiger partial charge is 0.492 e. The number of hydrogen-bond donors (Lipinski definition) is 1. The third kappa shape index (κ3) is 8.23. The molecule has 0 unspecified atom stereocenters. The van der Waals surface area contributed by atoms with E-state index in [2.05, 4.69) is 5.32 Å². The zero-order chi connectivity index (χ0) is 32.4. The smallest absolute Gasteiger partial charge is 0.264 e. The highest BCUT2D eigenvalue weighted by atomic mass is 32.2. The molecule has 4 aromatic carbocycles. The van der Waals surface area contributed by atoms with Crippen molar-refractivity contribution in [3.8, 4) is 5.75 Å². The van der Waals surface area contributed by atoms with Gasteiger partial charge in [0, 0.05) is 30.5 Å². The molecule has 0 aliphatic carbocycles. The van der Waals surface area contributed by atoms with E-state index in [4.69, 9.17) is 4.74 Å². The van der Waals surface area contributed by atoms with Gasteiger partial charge in [-0.25, -0.2) is 12.8 Å². The van der Waals surface area contributed by atoms with Crippen LogP contribution in [0.5, 0.6) is 5.75 Å². The van der Waals surface area contributed by atoms with E-state index in [1.54, 1.807) is 49.4 Å².